The summed E-state index contributed by atoms with van der Waals surface area (Å²) in [5.74, 6) is 0. The Bertz CT molecular complexity index is 102. The molecule has 0 aromatic rings. The summed E-state index contributed by atoms with van der Waals surface area (Å²) >= 11 is 0. The molecule has 2 aliphatic rings. The second kappa shape index (κ2) is 18.2. The third-order valence-corrected chi connectivity index (χ3v) is 2.08. The first-order valence-corrected chi connectivity index (χ1v) is 6.94. The van der Waals surface area contributed by atoms with Crippen LogP contribution in [-0.2, 0) is 9.47 Å². The molecule has 0 unspecified atom stereocenters. The Labute approximate surface area is 108 Å². The number of likely N-dealkylation sites (N-methyl/N-ethyl adjacent to an activating group) is 1. The van der Waals surface area contributed by atoms with Crippen LogP contribution in [0, 0.1) is 0 Å². The fourth-order valence-corrected chi connectivity index (χ4v) is 1.17. The van der Waals surface area contributed by atoms with Crippen LogP contribution in [0.5, 0.6) is 0 Å². The Morgan fingerprint density at radius 1 is 0.765 bits per heavy atom. The SMILES string of the molecule is C1COCCN1.CC.CC.CN1CCOCC1. The van der Waals surface area contributed by atoms with Crippen molar-refractivity contribution in [3.63, 3.8) is 0 Å². The maximum atomic E-state index is 5.10. The molecule has 2 aliphatic heterocycles. The summed E-state index contributed by atoms with van der Waals surface area (Å²) in [6, 6.07) is 0. The van der Waals surface area contributed by atoms with Gasteiger partial charge in [-0.3, -0.25) is 0 Å². The quantitative estimate of drug-likeness (QED) is 0.706. The van der Waals surface area contributed by atoms with Gasteiger partial charge in [-0.15, -0.1) is 0 Å². The van der Waals surface area contributed by atoms with Crippen LogP contribution >= 0.6 is 0 Å². The van der Waals surface area contributed by atoms with Crippen LogP contribution in [0.25, 0.3) is 0 Å². The monoisotopic (exact) mass is 248 g/mol. The lowest BCUT2D eigenvalue weighted by Crippen LogP contribution is -2.32. The van der Waals surface area contributed by atoms with Gasteiger partial charge in [-0.2, -0.15) is 0 Å². The molecule has 2 heterocycles. The lowest BCUT2D eigenvalue weighted by Gasteiger charge is -2.21. The molecule has 106 valence electrons. The normalized spacial score (nSPS) is 19.6. The third-order valence-electron chi connectivity index (χ3n) is 2.08. The van der Waals surface area contributed by atoms with Crippen LogP contribution in [-0.4, -0.2) is 64.6 Å². The molecule has 0 radical (unpaired) electrons. The Balaban J connectivity index is 0. The highest BCUT2D eigenvalue weighted by atomic mass is 16.5. The van der Waals surface area contributed by atoms with E-state index in [2.05, 4.69) is 17.3 Å². The van der Waals surface area contributed by atoms with Crippen LogP contribution in [0.2, 0.25) is 0 Å². The van der Waals surface area contributed by atoms with E-state index in [0.717, 1.165) is 52.6 Å². The van der Waals surface area contributed by atoms with Crippen molar-refractivity contribution in [2.45, 2.75) is 27.7 Å². The number of hydrogen-bond donors (Lipinski definition) is 1. The van der Waals surface area contributed by atoms with Gasteiger partial charge in [0.15, 0.2) is 0 Å². The second-order valence-corrected chi connectivity index (χ2v) is 3.28. The van der Waals surface area contributed by atoms with E-state index in [-0.39, 0.29) is 0 Å². The average Bonchev–Trinajstić information content (AvgIpc) is 2.47. The maximum Gasteiger partial charge on any atom is 0.0594 e. The average molecular weight is 248 g/mol. The van der Waals surface area contributed by atoms with E-state index in [4.69, 9.17) is 9.47 Å². The number of ether oxygens (including phenoxy) is 2. The minimum atomic E-state index is 0.889. The Morgan fingerprint density at radius 2 is 1.18 bits per heavy atom. The zero-order valence-electron chi connectivity index (χ0n) is 12.4. The molecular formula is C13H32N2O2. The first-order valence-electron chi connectivity index (χ1n) is 6.94. The smallest absolute Gasteiger partial charge is 0.0594 e. The van der Waals surface area contributed by atoms with Crippen molar-refractivity contribution in [3.05, 3.63) is 0 Å². The molecule has 4 heteroatoms. The van der Waals surface area contributed by atoms with Crippen LogP contribution < -0.4 is 5.32 Å². The van der Waals surface area contributed by atoms with Crippen molar-refractivity contribution in [1.29, 1.82) is 0 Å². The van der Waals surface area contributed by atoms with Crippen molar-refractivity contribution in [2.24, 2.45) is 0 Å². The first-order chi connectivity index (χ1) is 8.39. The van der Waals surface area contributed by atoms with Crippen LogP contribution in [0.4, 0.5) is 0 Å². The Kier molecular flexibility index (Phi) is 20.6. The van der Waals surface area contributed by atoms with E-state index >= 15 is 0 Å². The van der Waals surface area contributed by atoms with Gasteiger partial charge in [0.25, 0.3) is 0 Å². The largest absolute Gasteiger partial charge is 0.379 e. The molecule has 0 aliphatic carbocycles. The molecule has 0 bridgehead atoms. The molecule has 0 amide bonds. The summed E-state index contributed by atoms with van der Waals surface area (Å²) in [7, 11) is 2.11. The summed E-state index contributed by atoms with van der Waals surface area (Å²) in [6.45, 7) is 15.9. The molecular weight excluding hydrogens is 216 g/mol. The molecule has 0 spiro atoms. The van der Waals surface area contributed by atoms with Gasteiger partial charge in [-0.1, -0.05) is 27.7 Å². The zero-order chi connectivity index (χ0) is 13.4. The Morgan fingerprint density at radius 3 is 1.35 bits per heavy atom. The lowest BCUT2D eigenvalue weighted by molar-refractivity contribution is 0.0503. The number of nitrogens with one attached hydrogen (secondary N) is 1. The highest BCUT2D eigenvalue weighted by molar-refractivity contribution is 4.53. The predicted molar refractivity (Wildman–Crippen MR) is 74.7 cm³/mol. The van der Waals surface area contributed by atoms with E-state index in [1.807, 2.05) is 27.7 Å². The fourth-order valence-electron chi connectivity index (χ4n) is 1.17. The van der Waals surface area contributed by atoms with Gasteiger partial charge in [0, 0.05) is 26.2 Å². The first kappa shape index (κ1) is 19.2. The van der Waals surface area contributed by atoms with Gasteiger partial charge in [-0.25, -0.2) is 0 Å². The molecule has 0 saturated carbocycles. The van der Waals surface area contributed by atoms with Crippen molar-refractivity contribution in [2.75, 3.05) is 59.7 Å². The summed E-state index contributed by atoms with van der Waals surface area (Å²) in [6.07, 6.45) is 0. The van der Waals surface area contributed by atoms with Gasteiger partial charge in [0.2, 0.25) is 0 Å². The van der Waals surface area contributed by atoms with Crippen LogP contribution in [0.3, 0.4) is 0 Å². The molecule has 1 N–H and O–H groups in total. The molecule has 0 atom stereocenters. The number of morpholine rings is 2. The van der Waals surface area contributed by atoms with Gasteiger partial charge in [-0.05, 0) is 7.05 Å². The highest BCUT2D eigenvalue weighted by Crippen LogP contribution is 1.89. The van der Waals surface area contributed by atoms with Crippen LogP contribution in [0.15, 0.2) is 0 Å². The van der Waals surface area contributed by atoms with Crippen LogP contribution in [0.1, 0.15) is 27.7 Å². The van der Waals surface area contributed by atoms with Crippen molar-refractivity contribution >= 4 is 0 Å². The van der Waals surface area contributed by atoms with Gasteiger partial charge in [0.05, 0.1) is 26.4 Å². The topological polar surface area (TPSA) is 33.7 Å². The summed E-state index contributed by atoms with van der Waals surface area (Å²) < 4.78 is 10.1. The lowest BCUT2D eigenvalue weighted by atomic mass is 10.5. The van der Waals surface area contributed by atoms with Gasteiger partial charge >= 0.3 is 0 Å². The van der Waals surface area contributed by atoms with E-state index < -0.39 is 0 Å². The minimum Gasteiger partial charge on any atom is -0.379 e. The second-order valence-electron chi connectivity index (χ2n) is 3.28. The minimum absolute atomic E-state index is 0.889. The summed E-state index contributed by atoms with van der Waals surface area (Å²) in [4.78, 5) is 2.27. The van der Waals surface area contributed by atoms with Crippen molar-refractivity contribution in [3.8, 4) is 0 Å². The number of nitrogens with zero attached hydrogens (tertiary/aromatic N) is 1. The number of hydrogen-bond acceptors (Lipinski definition) is 4. The van der Waals surface area contributed by atoms with Gasteiger partial charge in [0.1, 0.15) is 0 Å². The molecule has 0 aromatic carbocycles. The number of rotatable bonds is 0. The maximum absolute atomic E-state index is 5.10. The van der Waals surface area contributed by atoms with Gasteiger partial charge < -0.3 is 19.7 Å². The Hall–Kier alpha value is -0.160. The molecule has 17 heavy (non-hydrogen) atoms. The molecule has 2 saturated heterocycles. The third kappa shape index (κ3) is 15.8. The standard InChI is InChI=1S/C5H11NO.C4H9NO.2C2H6/c1-6-2-4-7-5-3-6;1-3-6-4-2-5-1;2*1-2/h2-5H2,1H3;5H,1-4H2;2*1-2H3. The van der Waals surface area contributed by atoms with E-state index in [0.29, 0.717) is 0 Å². The predicted octanol–water partition coefficient (Wildman–Crippen LogP) is 1.61. The summed E-state index contributed by atoms with van der Waals surface area (Å²) in [5, 5.41) is 3.16. The van der Waals surface area contributed by atoms with Crippen molar-refractivity contribution < 1.29 is 9.47 Å². The molecule has 2 rings (SSSR count). The van der Waals surface area contributed by atoms with Crippen molar-refractivity contribution in [1.82, 2.24) is 10.2 Å². The molecule has 4 nitrogen and oxygen atoms in total. The molecule has 2 fully saturated rings. The van der Waals surface area contributed by atoms with E-state index in [9.17, 15) is 0 Å². The fraction of sp³-hybridized carbons (Fsp3) is 1.00. The van der Waals surface area contributed by atoms with E-state index in [1.165, 1.54) is 0 Å². The summed E-state index contributed by atoms with van der Waals surface area (Å²) in [5.41, 5.74) is 0. The highest BCUT2D eigenvalue weighted by Gasteiger charge is 2.02. The zero-order valence-corrected chi connectivity index (χ0v) is 12.4. The molecule has 0 aromatic heterocycles. The van der Waals surface area contributed by atoms with E-state index in [1.54, 1.807) is 0 Å².